The molecule has 2 N–H and O–H groups in total. The summed E-state index contributed by atoms with van der Waals surface area (Å²) in [7, 11) is 0. The highest BCUT2D eigenvalue weighted by atomic mass is 35.5. The number of halogens is 1. The fraction of sp³-hybridized carbons (Fsp3) is 0.333. The topological polar surface area (TPSA) is 58.2 Å². The lowest BCUT2D eigenvalue weighted by Gasteiger charge is -2.34. The fourth-order valence-electron chi connectivity index (χ4n) is 3.08. The molecule has 2 aromatic rings. The van der Waals surface area contributed by atoms with Crippen molar-refractivity contribution < 1.29 is 9.59 Å². The van der Waals surface area contributed by atoms with Crippen molar-refractivity contribution in [1.82, 2.24) is 5.32 Å². The quantitative estimate of drug-likeness (QED) is 0.741. The first-order chi connectivity index (χ1) is 12.4. The van der Waals surface area contributed by atoms with Gasteiger partial charge in [0.2, 0.25) is 11.8 Å². The highest BCUT2D eigenvalue weighted by Crippen LogP contribution is 2.30. The molecule has 0 heterocycles. The molecule has 0 aliphatic heterocycles. The molecule has 0 aromatic heterocycles. The molecule has 0 spiro atoms. The first-order valence-corrected chi connectivity index (χ1v) is 9.20. The van der Waals surface area contributed by atoms with Crippen LogP contribution in [0.15, 0.2) is 48.5 Å². The molecule has 2 aromatic carbocycles. The molecule has 138 valence electrons. The number of nitrogens with one attached hydrogen (secondary N) is 2. The van der Waals surface area contributed by atoms with Gasteiger partial charge in [-0.3, -0.25) is 9.59 Å². The van der Waals surface area contributed by atoms with Gasteiger partial charge in [0.05, 0.1) is 12.0 Å². The van der Waals surface area contributed by atoms with Crippen LogP contribution in [0.1, 0.15) is 44.7 Å². The second-order valence-corrected chi connectivity index (χ2v) is 6.84. The van der Waals surface area contributed by atoms with Crippen LogP contribution in [0.2, 0.25) is 5.02 Å². The second-order valence-electron chi connectivity index (χ2n) is 6.40. The number of anilines is 1. The zero-order chi connectivity index (χ0) is 19.2. The van der Waals surface area contributed by atoms with Crippen molar-refractivity contribution in [3.8, 4) is 0 Å². The zero-order valence-electron chi connectivity index (χ0n) is 15.4. The van der Waals surface area contributed by atoms with E-state index in [4.69, 9.17) is 11.6 Å². The van der Waals surface area contributed by atoms with E-state index in [0.29, 0.717) is 5.02 Å². The summed E-state index contributed by atoms with van der Waals surface area (Å²) >= 11 is 5.99. The summed E-state index contributed by atoms with van der Waals surface area (Å²) in [5.74, 6) is -0.148. The average Bonchev–Trinajstić information content (AvgIpc) is 2.62. The van der Waals surface area contributed by atoms with E-state index in [1.165, 1.54) is 6.92 Å². The highest BCUT2D eigenvalue weighted by molar-refractivity contribution is 6.30. The normalized spacial score (nSPS) is 11.1. The maximum absolute atomic E-state index is 12.6. The smallest absolute Gasteiger partial charge is 0.225 e. The number of hydrogen-bond acceptors (Lipinski definition) is 2. The lowest BCUT2D eigenvalue weighted by Crippen LogP contribution is -2.45. The van der Waals surface area contributed by atoms with Crippen LogP contribution in [-0.4, -0.2) is 11.8 Å². The molecule has 0 aliphatic rings. The molecule has 4 nitrogen and oxygen atoms in total. The Morgan fingerprint density at radius 3 is 2.04 bits per heavy atom. The van der Waals surface area contributed by atoms with E-state index in [0.717, 1.165) is 29.7 Å². The van der Waals surface area contributed by atoms with Crippen LogP contribution in [0.4, 0.5) is 5.69 Å². The molecule has 0 unspecified atom stereocenters. The summed E-state index contributed by atoms with van der Waals surface area (Å²) < 4.78 is 0. The third-order valence-electron chi connectivity index (χ3n) is 4.62. The SMILES string of the molecule is CCC(CC)(NC(=O)Cc1ccc(NC(C)=O)cc1)c1ccc(Cl)cc1. The minimum Gasteiger partial charge on any atom is -0.346 e. The van der Waals surface area contributed by atoms with Gasteiger partial charge in [-0.25, -0.2) is 0 Å². The maximum Gasteiger partial charge on any atom is 0.225 e. The first-order valence-electron chi connectivity index (χ1n) is 8.82. The number of hydrogen-bond donors (Lipinski definition) is 2. The molecule has 0 fully saturated rings. The van der Waals surface area contributed by atoms with Crippen LogP contribution < -0.4 is 10.6 Å². The van der Waals surface area contributed by atoms with Gasteiger partial charge in [-0.05, 0) is 48.2 Å². The Bertz CT molecular complexity index is 751. The summed E-state index contributed by atoms with van der Waals surface area (Å²) in [6.07, 6.45) is 1.87. The van der Waals surface area contributed by atoms with Gasteiger partial charge >= 0.3 is 0 Å². The molecule has 0 aliphatic carbocycles. The molecule has 5 heteroatoms. The van der Waals surface area contributed by atoms with Crippen molar-refractivity contribution in [2.75, 3.05) is 5.32 Å². The number of carbonyl (C=O) groups excluding carboxylic acids is 2. The van der Waals surface area contributed by atoms with Crippen molar-refractivity contribution in [3.05, 3.63) is 64.7 Å². The van der Waals surface area contributed by atoms with Gasteiger partial charge in [0.15, 0.2) is 0 Å². The van der Waals surface area contributed by atoms with E-state index in [1.54, 1.807) is 12.1 Å². The molecule has 26 heavy (non-hydrogen) atoms. The minimum atomic E-state index is -0.405. The zero-order valence-corrected chi connectivity index (χ0v) is 16.2. The number of benzene rings is 2. The molecule has 0 saturated carbocycles. The predicted molar refractivity (Wildman–Crippen MR) is 106 cm³/mol. The Morgan fingerprint density at radius 2 is 1.54 bits per heavy atom. The first kappa shape index (κ1) is 20.0. The van der Waals surface area contributed by atoms with Crippen LogP contribution >= 0.6 is 11.6 Å². The largest absolute Gasteiger partial charge is 0.346 e. The molecule has 0 bridgehead atoms. The average molecular weight is 373 g/mol. The monoisotopic (exact) mass is 372 g/mol. The van der Waals surface area contributed by atoms with Gasteiger partial charge < -0.3 is 10.6 Å². The lowest BCUT2D eigenvalue weighted by atomic mass is 9.84. The van der Waals surface area contributed by atoms with Gasteiger partial charge in [0, 0.05) is 17.6 Å². The molecule has 0 saturated heterocycles. The van der Waals surface area contributed by atoms with Crippen molar-refractivity contribution in [2.45, 2.75) is 45.6 Å². The van der Waals surface area contributed by atoms with E-state index in [9.17, 15) is 9.59 Å². The van der Waals surface area contributed by atoms with Crippen LogP contribution in [0.5, 0.6) is 0 Å². The van der Waals surface area contributed by atoms with Crippen molar-refractivity contribution in [1.29, 1.82) is 0 Å². The molecule has 2 amide bonds. The summed E-state index contributed by atoms with van der Waals surface area (Å²) in [5.41, 5.74) is 2.27. The Balaban J connectivity index is 2.10. The standard InChI is InChI=1S/C21H25ClN2O2/c1-4-21(5-2,17-8-10-18(22)11-9-17)24-20(26)14-16-6-12-19(13-7-16)23-15(3)25/h6-13H,4-5,14H2,1-3H3,(H,23,25)(H,24,26). The summed E-state index contributed by atoms with van der Waals surface area (Å²) in [6.45, 7) is 5.61. The second kappa shape index (κ2) is 8.86. The Morgan fingerprint density at radius 1 is 0.962 bits per heavy atom. The highest BCUT2D eigenvalue weighted by Gasteiger charge is 2.30. The molecule has 0 radical (unpaired) electrons. The van der Waals surface area contributed by atoms with Crippen LogP contribution in [0.25, 0.3) is 0 Å². The van der Waals surface area contributed by atoms with Gasteiger partial charge in [-0.15, -0.1) is 0 Å². The summed E-state index contributed by atoms with van der Waals surface area (Å²) in [5, 5.41) is 6.61. The molecule has 2 rings (SSSR count). The predicted octanol–water partition coefficient (Wildman–Crippen LogP) is 4.67. The van der Waals surface area contributed by atoms with E-state index >= 15 is 0 Å². The number of carbonyl (C=O) groups is 2. The van der Waals surface area contributed by atoms with Crippen molar-refractivity contribution in [3.63, 3.8) is 0 Å². The van der Waals surface area contributed by atoms with Gasteiger partial charge in [0.1, 0.15) is 0 Å². The van der Waals surface area contributed by atoms with E-state index in [-0.39, 0.29) is 18.2 Å². The molecular formula is C21H25ClN2O2. The minimum absolute atomic E-state index is 0.0315. The van der Waals surface area contributed by atoms with E-state index in [1.807, 2.05) is 36.4 Å². The van der Waals surface area contributed by atoms with Gasteiger partial charge in [-0.1, -0.05) is 49.7 Å². The Kier molecular flexibility index (Phi) is 6.81. The fourth-order valence-corrected chi connectivity index (χ4v) is 3.21. The lowest BCUT2D eigenvalue weighted by molar-refractivity contribution is -0.122. The third kappa shape index (κ3) is 5.09. The summed E-state index contributed by atoms with van der Waals surface area (Å²) in [6, 6.07) is 15.0. The maximum atomic E-state index is 12.6. The summed E-state index contributed by atoms with van der Waals surface area (Å²) in [4.78, 5) is 23.7. The Hall–Kier alpha value is -2.33. The van der Waals surface area contributed by atoms with Crippen molar-refractivity contribution in [2.24, 2.45) is 0 Å². The van der Waals surface area contributed by atoms with Gasteiger partial charge in [-0.2, -0.15) is 0 Å². The van der Waals surface area contributed by atoms with E-state index in [2.05, 4.69) is 24.5 Å². The molecular weight excluding hydrogens is 348 g/mol. The third-order valence-corrected chi connectivity index (χ3v) is 4.87. The van der Waals surface area contributed by atoms with Gasteiger partial charge in [0.25, 0.3) is 0 Å². The van der Waals surface area contributed by atoms with Crippen LogP contribution in [0.3, 0.4) is 0 Å². The van der Waals surface area contributed by atoms with Crippen LogP contribution in [-0.2, 0) is 21.5 Å². The van der Waals surface area contributed by atoms with Crippen LogP contribution in [0, 0.1) is 0 Å². The van der Waals surface area contributed by atoms with Crippen molar-refractivity contribution >= 4 is 29.1 Å². The number of rotatable bonds is 7. The molecule has 0 atom stereocenters. The Labute approximate surface area is 159 Å². The number of amides is 2. The van der Waals surface area contributed by atoms with E-state index < -0.39 is 5.54 Å².